The zero-order chi connectivity index (χ0) is 12.8. The molecular formula is C12H23N3O2. The van der Waals surface area contributed by atoms with Gasteiger partial charge in [0.1, 0.15) is 0 Å². The summed E-state index contributed by atoms with van der Waals surface area (Å²) in [4.78, 5) is 27.0. The van der Waals surface area contributed by atoms with Crippen LogP contribution >= 0.6 is 0 Å². The van der Waals surface area contributed by atoms with E-state index in [0.717, 1.165) is 25.9 Å². The monoisotopic (exact) mass is 241 g/mol. The number of nitrogens with one attached hydrogen (secondary N) is 1. The van der Waals surface area contributed by atoms with Crippen LogP contribution in [0.25, 0.3) is 0 Å². The van der Waals surface area contributed by atoms with Gasteiger partial charge in [0.15, 0.2) is 0 Å². The Kier molecular flexibility index (Phi) is 5.25. The Morgan fingerprint density at radius 2 is 1.88 bits per heavy atom. The summed E-state index contributed by atoms with van der Waals surface area (Å²) in [5.41, 5.74) is 0. The number of carbonyl (C=O) groups excluding carboxylic acids is 2. The molecule has 17 heavy (non-hydrogen) atoms. The summed E-state index contributed by atoms with van der Waals surface area (Å²) in [6.07, 6.45) is 3.39. The highest BCUT2D eigenvalue weighted by Crippen LogP contribution is 2.11. The lowest BCUT2D eigenvalue weighted by Crippen LogP contribution is -2.46. The van der Waals surface area contributed by atoms with Gasteiger partial charge < -0.3 is 15.1 Å². The van der Waals surface area contributed by atoms with Crippen molar-refractivity contribution < 1.29 is 9.59 Å². The maximum atomic E-state index is 12.1. The van der Waals surface area contributed by atoms with Crippen LogP contribution in [0, 0.1) is 5.92 Å². The molecule has 98 valence electrons. The zero-order valence-electron chi connectivity index (χ0n) is 11.0. The van der Waals surface area contributed by atoms with Crippen molar-refractivity contribution in [1.29, 1.82) is 0 Å². The van der Waals surface area contributed by atoms with Crippen LogP contribution < -0.4 is 5.32 Å². The van der Waals surface area contributed by atoms with E-state index in [1.807, 2.05) is 11.8 Å². The van der Waals surface area contributed by atoms with Gasteiger partial charge in [-0.25, -0.2) is 4.79 Å². The first kappa shape index (κ1) is 13.8. The first-order valence-corrected chi connectivity index (χ1v) is 6.28. The molecule has 1 N–H and O–H groups in total. The van der Waals surface area contributed by atoms with Gasteiger partial charge in [-0.05, 0) is 19.3 Å². The molecule has 0 spiro atoms. The zero-order valence-corrected chi connectivity index (χ0v) is 11.0. The van der Waals surface area contributed by atoms with Gasteiger partial charge in [0.2, 0.25) is 5.91 Å². The molecule has 0 radical (unpaired) electrons. The molecule has 5 nitrogen and oxygen atoms in total. The topological polar surface area (TPSA) is 52.7 Å². The Hall–Kier alpha value is -1.26. The molecule has 1 aliphatic heterocycles. The van der Waals surface area contributed by atoms with Crippen molar-refractivity contribution in [2.24, 2.45) is 5.92 Å². The van der Waals surface area contributed by atoms with Gasteiger partial charge in [-0.1, -0.05) is 6.92 Å². The molecule has 0 aromatic heterocycles. The molecule has 1 fully saturated rings. The standard InChI is InChI=1S/C12H23N3O2/c1-10(11(16)13-2)9-14(3)12(17)15-7-5-4-6-8-15/h10H,4-9H2,1-3H3,(H,13,16). The van der Waals surface area contributed by atoms with Crippen LogP contribution in [-0.2, 0) is 4.79 Å². The lowest BCUT2D eigenvalue weighted by molar-refractivity contribution is -0.124. The number of hydrogen-bond donors (Lipinski definition) is 1. The molecule has 0 aromatic carbocycles. The van der Waals surface area contributed by atoms with Crippen LogP contribution in [0.1, 0.15) is 26.2 Å². The predicted molar refractivity (Wildman–Crippen MR) is 66.7 cm³/mol. The largest absolute Gasteiger partial charge is 0.359 e. The van der Waals surface area contributed by atoms with Gasteiger partial charge in [-0.3, -0.25) is 4.79 Å². The van der Waals surface area contributed by atoms with Gasteiger partial charge in [0.05, 0.1) is 5.92 Å². The number of piperidine rings is 1. The summed E-state index contributed by atoms with van der Waals surface area (Å²) in [5.74, 6) is -0.193. The average molecular weight is 241 g/mol. The van der Waals surface area contributed by atoms with Crippen LogP contribution in [0.4, 0.5) is 4.79 Å². The van der Waals surface area contributed by atoms with Crippen LogP contribution in [0.2, 0.25) is 0 Å². The van der Waals surface area contributed by atoms with Crippen molar-refractivity contribution in [3.8, 4) is 0 Å². The smallest absolute Gasteiger partial charge is 0.319 e. The van der Waals surface area contributed by atoms with E-state index in [2.05, 4.69) is 5.32 Å². The third-order valence-electron chi connectivity index (χ3n) is 3.19. The Labute approximate surface area is 103 Å². The average Bonchev–Trinajstić information content (AvgIpc) is 2.37. The van der Waals surface area contributed by atoms with Crippen LogP contribution in [0.3, 0.4) is 0 Å². The molecule has 1 heterocycles. The van der Waals surface area contributed by atoms with E-state index in [1.54, 1.807) is 19.0 Å². The fourth-order valence-electron chi connectivity index (χ4n) is 2.14. The molecule has 3 amide bonds. The number of rotatable bonds is 3. The molecule has 1 atom stereocenters. The molecular weight excluding hydrogens is 218 g/mol. The Bertz CT molecular complexity index is 275. The van der Waals surface area contributed by atoms with E-state index in [0.29, 0.717) is 6.54 Å². The summed E-state index contributed by atoms with van der Waals surface area (Å²) < 4.78 is 0. The summed E-state index contributed by atoms with van der Waals surface area (Å²) in [6, 6.07) is 0.0421. The lowest BCUT2D eigenvalue weighted by atomic mass is 10.1. The Morgan fingerprint density at radius 3 is 2.41 bits per heavy atom. The van der Waals surface area contributed by atoms with E-state index >= 15 is 0 Å². The predicted octanol–water partition coefficient (Wildman–Crippen LogP) is 0.906. The fraction of sp³-hybridized carbons (Fsp3) is 0.833. The second-order valence-corrected chi connectivity index (χ2v) is 4.73. The Balaban J connectivity index is 2.43. The molecule has 1 unspecified atom stereocenters. The molecule has 0 aromatic rings. The number of carbonyl (C=O) groups is 2. The van der Waals surface area contributed by atoms with E-state index in [1.165, 1.54) is 6.42 Å². The molecule has 0 aliphatic carbocycles. The third-order valence-corrected chi connectivity index (χ3v) is 3.19. The molecule has 1 saturated heterocycles. The SMILES string of the molecule is CNC(=O)C(C)CN(C)C(=O)N1CCCCC1. The first-order valence-electron chi connectivity index (χ1n) is 6.28. The molecule has 0 saturated carbocycles. The summed E-state index contributed by atoms with van der Waals surface area (Å²) in [5, 5.41) is 2.60. The second-order valence-electron chi connectivity index (χ2n) is 4.73. The molecule has 1 rings (SSSR count). The normalized spacial score (nSPS) is 17.5. The number of likely N-dealkylation sites (tertiary alicyclic amines) is 1. The highest BCUT2D eigenvalue weighted by atomic mass is 16.2. The Morgan fingerprint density at radius 1 is 1.29 bits per heavy atom. The van der Waals surface area contributed by atoms with Crippen molar-refractivity contribution in [2.75, 3.05) is 33.7 Å². The minimum absolute atomic E-state index is 0.0247. The van der Waals surface area contributed by atoms with E-state index in [-0.39, 0.29) is 17.9 Å². The quantitative estimate of drug-likeness (QED) is 0.798. The van der Waals surface area contributed by atoms with Crippen molar-refractivity contribution in [3.05, 3.63) is 0 Å². The molecule has 0 bridgehead atoms. The maximum Gasteiger partial charge on any atom is 0.319 e. The van der Waals surface area contributed by atoms with Crippen LogP contribution in [0.15, 0.2) is 0 Å². The first-order chi connectivity index (χ1) is 8.06. The maximum absolute atomic E-state index is 12.1. The van der Waals surface area contributed by atoms with Crippen molar-refractivity contribution in [2.45, 2.75) is 26.2 Å². The van der Waals surface area contributed by atoms with E-state index in [9.17, 15) is 9.59 Å². The second kappa shape index (κ2) is 6.47. The van der Waals surface area contributed by atoms with Gasteiger partial charge in [0, 0.05) is 33.7 Å². The van der Waals surface area contributed by atoms with Gasteiger partial charge >= 0.3 is 6.03 Å². The highest BCUT2D eigenvalue weighted by Gasteiger charge is 2.22. The number of nitrogens with zero attached hydrogens (tertiary/aromatic N) is 2. The number of amides is 3. The summed E-state index contributed by atoms with van der Waals surface area (Å²) in [6.45, 7) is 3.99. The van der Waals surface area contributed by atoms with Gasteiger partial charge in [-0.15, -0.1) is 0 Å². The van der Waals surface area contributed by atoms with Crippen molar-refractivity contribution >= 4 is 11.9 Å². The van der Waals surface area contributed by atoms with Gasteiger partial charge in [-0.2, -0.15) is 0 Å². The third kappa shape index (κ3) is 3.91. The highest BCUT2D eigenvalue weighted by molar-refractivity contribution is 5.79. The molecule has 1 aliphatic rings. The summed E-state index contributed by atoms with van der Waals surface area (Å²) in [7, 11) is 3.38. The number of hydrogen-bond acceptors (Lipinski definition) is 2. The van der Waals surface area contributed by atoms with Gasteiger partial charge in [0.25, 0.3) is 0 Å². The van der Waals surface area contributed by atoms with Crippen molar-refractivity contribution in [1.82, 2.24) is 15.1 Å². The fourth-order valence-corrected chi connectivity index (χ4v) is 2.14. The lowest BCUT2D eigenvalue weighted by Gasteiger charge is -2.31. The summed E-state index contributed by atoms with van der Waals surface area (Å²) >= 11 is 0. The van der Waals surface area contributed by atoms with E-state index < -0.39 is 0 Å². The minimum Gasteiger partial charge on any atom is -0.359 e. The molecule has 5 heteroatoms. The van der Waals surface area contributed by atoms with Crippen molar-refractivity contribution in [3.63, 3.8) is 0 Å². The van der Waals surface area contributed by atoms with Crippen LogP contribution in [-0.4, -0.2) is 55.5 Å². The minimum atomic E-state index is -0.168. The van der Waals surface area contributed by atoms with Crippen LogP contribution in [0.5, 0.6) is 0 Å². The van der Waals surface area contributed by atoms with E-state index in [4.69, 9.17) is 0 Å². The number of urea groups is 1.